The molecular formula is C19H17F2N3O4S. The molecule has 152 valence electrons. The van der Waals surface area contributed by atoms with Gasteiger partial charge in [0.05, 0.1) is 18.3 Å². The zero-order chi connectivity index (χ0) is 20.6. The molecule has 0 atom stereocenters. The van der Waals surface area contributed by atoms with Crippen molar-refractivity contribution >= 4 is 10.0 Å². The lowest BCUT2D eigenvalue weighted by Crippen LogP contribution is -2.19. The fourth-order valence-electron chi connectivity index (χ4n) is 3.15. The molecular weight excluding hydrogens is 404 g/mol. The molecule has 0 spiro atoms. The van der Waals surface area contributed by atoms with E-state index < -0.39 is 16.4 Å². The normalized spacial score (nSPS) is 13.4. The highest BCUT2D eigenvalue weighted by atomic mass is 32.2. The molecule has 0 aliphatic carbocycles. The Bertz CT molecular complexity index is 1150. The molecule has 0 amide bonds. The Labute approximate surface area is 165 Å². The highest BCUT2D eigenvalue weighted by molar-refractivity contribution is 7.89. The minimum Gasteiger partial charge on any atom is -0.475 e. The molecule has 0 saturated heterocycles. The summed E-state index contributed by atoms with van der Waals surface area (Å²) >= 11 is 0. The molecule has 1 N–H and O–H groups in total. The number of nitrogens with zero attached hydrogens (tertiary/aromatic N) is 2. The maximum Gasteiger partial charge on any atom is 0.264 e. The third kappa shape index (κ3) is 3.45. The second kappa shape index (κ2) is 7.45. The summed E-state index contributed by atoms with van der Waals surface area (Å²) in [5, 5.41) is 4.16. The standard InChI is InChI=1S/C19H17F2N3O4S/c1-22-29(25,26)15-8-7-13(18(20)21)16(14-11-23-24-9-10-27-19(14)24)17(15)28-12-5-3-2-4-6-12/h2-8,11,18,22H,9-10H2,1H3. The smallest absolute Gasteiger partial charge is 0.264 e. The van der Waals surface area contributed by atoms with Crippen molar-refractivity contribution in [2.75, 3.05) is 13.7 Å². The summed E-state index contributed by atoms with van der Waals surface area (Å²) in [6.45, 7) is 0.826. The lowest BCUT2D eigenvalue weighted by molar-refractivity contribution is 0.151. The van der Waals surface area contributed by atoms with Gasteiger partial charge in [-0.3, -0.25) is 0 Å². The van der Waals surface area contributed by atoms with E-state index in [0.29, 0.717) is 24.8 Å². The Morgan fingerprint density at radius 3 is 2.66 bits per heavy atom. The first-order chi connectivity index (χ1) is 13.9. The molecule has 0 saturated carbocycles. The SMILES string of the molecule is CNS(=O)(=O)c1ccc(C(F)F)c(-c2cnn3c2OCC3)c1Oc1ccccc1. The summed E-state index contributed by atoms with van der Waals surface area (Å²) < 4.78 is 68.2. The molecule has 0 unspecified atom stereocenters. The maximum absolute atomic E-state index is 13.9. The molecule has 1 aliphatic heterocycles. The van der Waals surface area contributed by atoms with Crippen LogP contribution in [0.3, 0.4) is 0 Å². The lowest BCUT2D eigenvalue weighted by Gasteiger charge is -2.18. The van der Waals surface area contributed by atoms with Gasteiger partial charge in [-0.2, -0.15) is 5.10 Å². The van der Waals surface area contributed by atoms with E-state index in [1.807, 2.05) is 0 Å². The Balaban J connectivity index is 2.03. The van der Waals surface area contributed by atoms with Crippen molar-refractivity contribution in [1.82, 2.24) is 14.5 Å². The zero-order valence-corrected chi connectivity index (χ0v) is 16.1. The van der Waals surface area contributed by atoms with Crippen molar-refractivity contribution in [3.05, 3.63) is 54.2 Å². The van der Waals surface area contributed by atoms with Crippen LogP contribution in [0.4, 0.5) is 8.78 Å². The molecule has 29 heavy (non-hydrogen) atoms. The molecule has 3 aromatic rings. The summed E-state index contributed by atoms with van der Waals surface area (Å²) in [7, 11) is -2.77. The van der Waals surface area contributed by atoms with E-state index in [9.17, 15) is 17.2 Å². The third-order valence-electron chi connectivity index (χ3n) is 4.51. The minimum atomic E-state index is -4.01. The summed E-state index contributed by atoms with van der Waals surface area (Å²) in [6, 6.07) is 10.5. The minimum absolute atomic E-state index is 0.0664. The second-order valence-corrected chi connectivity index (χ2v) is 8.07. The van der Waals surface area contributed by atoms with Crippen molar-refractivity contribution < 1.29 is 26.7 Å². The average molecular weight is 421 g/mol. The Morgan fingerprint density at radius 2 is 1.97 bits per heavy atom. The van der Waals surface area contributed by atoms with Gasteiger partial charge >= 0.3 is 0 Å². The van der Waals surface area contributed by atoms with E-state index >= 15 is 0 Å². The van der Waals surface area contributed by atoms with Crippen LogP contribution >= 0.6 is 0 Å². The van der Waals surface area contributed by atoms with E-state index in [2.05, 4.69) is 9.82 Å². The van der Waals surface area contributed by atoms with E-state index in [0.717, 1.165) is 12.1 Å². The first-order valence-electron chi connectivity index (χ1n) is 8.73. The topological polar surface area (TPSA) is 82.5 Å². The van der Waals surface area contributed by atoms with Crippen molar-refractivity contribution in [2.45, 2.75) is 17.9 Å². The number of nitrogens with one attached hydrogen (secondary N) is 1. The van der Waals surface area contributed by atoms with Crippen LogP contribution in [-0.4, -0.2) is 31.9 Å². The number of sulfonamides is 1. The van der Waals surface area contributed by atoms with Crippen molar-refractivity contribution in [3.8, 4) is 28.5 Å². The van der Waals surface area contributed by atoms with Crippen LogP contribution in [0.1, 0.15) is 12.0 Å². The molecule has 10 heteroatoms. The quantitative estimate of drug-likeness (QED) is 0.658. The second-order valence-electron chi connectivity index (χ2n) is 6.22. The van der Waals surface area contributed by atoms with Crippen LogP contribution in [-0.2, 0) is 16.6 Å². The van der Waals surface area contributed by atoms with Gasteiger partial charge in [-0.1, -0.05) is 24.3 Å². The van der Waals surface area contributed by atoms with Gasteiger partial charge in [0, 0.05) is 11.1 Å². The van der Waals surface area contributed by atoms with Gasteiger partial charge in [-0.25, -0.2) is 26.6 Å². The number of hydrogen-bond acceptors (Lipinski definition) is 5. The van der Waals surface area contributed by atoms with E-state index in [1.54, 1.807) is 30.3 Å². The number of rotatable bonds is 6. The summed E-state index contributed by atoms with van der Waals surface area (Å²) in [6.07, 6.45) is -1.49. The predicted octanol–water partition coefficient (Wildman–Crippen LogP) is 3.58. The Hall–Kier alpha value is -2.98. The first-order valence-corrected chi connectivity index (χ1v) is 10.2. The Kier molecular flexibility index (Phi) is 4.97. The van der Waals surface area contributed by atoms with Gasteiger partial charge < -0.3 is 9.47 Å². The lowest BCUT2D eigenvalue weighted by atomic mass is 10.0. The van der Waals surface area contributed by atoms with Gasteiger partial charge in [-0.05, 0) is 25.2 Å². The van der Waals surface area contributed by atoms with Crippen molar-refractivity contribution in [2.24, 2.45) is 0 Å². The maximum atomic E-state index is 13.9. The Morgan fingerprint density at radius 1 is 1.21 bits per heavy atom. The van der Waals surface area contributed by atoms with Gasteiger partial charge in [-0.15, -0.1) is 0 Å². The van der Waals surface area contributed by atoms with E-state index in [1.165, 1.54) is 17.9 Å². The van der Waals surface area contributed by atoms with Gasteiger partial charge in [0.25, 0.3) is 6.43 Å². The number of para-hydroxylation sites is 1. The molecule has 0 fully saturated rings. The molecule has 2 aromatic carbocycles. The van der Waals surface area contributed by atoms with Crippen LogP contribution < -0.4 is 14.2 Å². The number of alkyl halides is 2. The molecule has 2 heterocycles. The number of aromatic nitrogens is 2. The molecule has 4 rings (SSSR count). The predicted molar refractivity (Wildman–Crippen MR) is 101 cm³/mol. The van der Waals surface area contributed by atoms with Crippen LogP contribution in [0.15, 0.2) is 53.6 Å². The molecule has 1 aromatic heterocycles. The number of ether oxygens (including phenoxy) is 2. The first kappa shape index (κ1) is 19.3. The van der Waals surface area contributed by atoms with Crippen molar-refractivity contribution in [3.63, 3.8) is 0 Å². The molecule has 7 nitrogen and oxygen atoms in total. The number of halogens is 2. The highest BCUT2D eigenvalue weighted by Gasteiger charge is 2.31. The monoisotopic (exact) mass is 421 g/mol. The fraction of sp³-hybridized carbons (Fsp3) is 0.211. The third-order valence-corrected chi connectivity index (χ3v) is 5.95. The van der Waals surface area contributed by atoms with Crippen LogP contribution in [0, 0.1) is 0 Å². The number of hydrogen-bond donors (Lipinski definition) is 1. The van der Waals surface area contributed by atoms with E-state index in [4.69, 9.17) is 9.47 Å². The zero-order valence-electron chi connectivity index (χ0n) is 15.3. The summed E-state index contributed by atoms with van der Waals surface area (Å²) in [5.74, 6) is 0.385. The molecule has 1 aliphatic rings. The van der Waals surface area contributed by atoms with E-state index in [-0.39, 0.29) is 27.3 Å². The van der Waals surface area contributed by atoms with Gasteiger partial charge in [0.1, 0.15) is 17.3 Å². The largest absolute Gasteiger partial charge is 0.475 e. The van der Waals surface area contributed by atoms with Crippen LogP contribution in [0.2, 0.25) is 0 Å². The fourth-order valence-corrected chi connectivity index (χ4v) is 4.01. The number of fused-ring (bicyclic) bond motifs is 1. The van der Waals surface area contributed by atoms with Gasteiger partial charge in [0.2, 0.25) is 15.9 Å². The summed E-state index contributed by atoms with van der Waals surface area (Å²) in [5.41, 5.74) is -0.197. The van der Waals surface area contributed by atoms with Crippen LogP contribution in [0.5, 0.6) is 17.4 Å². The van der Waals surface area contributed by atoms with Crippen LogP contribution in [0.25, 0.3) is 11.1 Å². The molecule has 0 radical (unpaired) electrons. The molecule has 0 bridgehead atoms. The highest BCUT2D eigenvalue weighted by Crippen LogP contribution is 2.47. The average Bonchev–Trinajstić information content (AvgIpc) is 3.32. The van der Waals surface area contributed by atoms with Crippen molar-refractivity contribution in [1.29, 1.82) is 0 Å². The van der Waals surface area contributed by atoms with Gasteiger partial charge in [0.15, 0.2) is 5.75 Å². The summed E-state index contributed by atoms with van der Waals surface area (Å²) in [4.78, 5) is -0.263. The number of benzene rings is 2.